The van der Waals surface area contributed by atoms with Gasteiger partial charge in [-0.3, -0.25) is 4.21 Å². The Labute approximate surface area is 126 Å². The molecule has 1 aliphatic heterocycles. The molecule has 4 nitrogen and oxygen atoms in total. The molecule has 0 fully saturated rings. The third kappa shape index (κ3) is 3.21. The van der Waals surface area contributed by atoms with Crippen LogP contribution in [-0.4, -0.2) is 22.0 Å². The number of hydrogen-bond acceptors (Lipinski definition) is 4. The summed E-state index contributed by atoms with van der Waals surface area (Å²) in [6, 6.07) is 3.08. The van der Waals surface area contributed by atoms with E-state index in [0.29, 0.717) is 29.2 Å². The fourth-order valence-corrected chi connectivity index (χ4v) is 2.43. The van der Waals surface area contributed by atoms with Gasteiger partial charge in [-0.15, -0.1) is 0 Å². The summed E-state index contributed by atoms with van der Waals surface area (Å²) in [5.41, 5.74) is 0. The van der Waals surface area contributed by atoms with Crippen LogP contribution in [0.2, 0.25) is 0 Å². The van der Waals surface area contributed by atoms with Crippen molar-refractivity contribution in [1.82, 2.24) is 0 Å². The molecule has 1 aliphatic rings. The molecule has 1 aromatic carbocycles. The molecule has 0 aromatic heterocycles. The number of rotatable bonds is 1. The SMILES string of the molecule is O=S([O-])c1cc2c(cc1Br)OCCCO2.[Na+]. The van der Waals surface area contributed by atoms with E-state index in [2.05, 4.69) is 15.9 Å². The zero-order chi connectivity index (χ0) is 10.8. The minimum atomic E-state index is -2.28. The van der Waals surface area contributed by atoms with Gasteiger partial charge >= 0.3 is 29.6 Å². The number of hydrogen-bond donors (Lipinski definition) is 0. The van der Waals surface area contributed by atoms with Gasteiger partial charge in [0.25, 0.3) is 0 Å². The van der Waals surface area contributed by atoms with Gasteiger partial charge in [0.15, 0.2) is 11.5 Å². The maximum absolute atomic E-state index is 10.9. The molecule has 1 unspecified atom stereocenters. The van der Waals surface area contributed by atoms with Crippen molar-refractivity contribution >= 4 is 27.0 Å². The van der Waals surface area contributed by atoms with Crippen molar-refractivity contribution in [1.29, 1.82) is 0 Å². The van der Waals surface area contributed by atoms with Crippen molar-refractivity contribution in [3.05, 3.63) is 16.6 Å². The summed E-state index contributed by atoms with van der Waals surface area (Å²) in [4.78, 5) is 0.180. The molecule has 16 heavy (non-hydrogen) atoms. The minimum absolute atomic E-state index is 0. The van der Waals surface area contributed by atoms with Crippen LogP contribution in [-0.2, 0) is 11.1 Å². The summed E-state index contributed by atoms with van der Waals surface area (Å²) in [5, 5.41) is 0. The van der Waals surface area contributed by atoms with Crippen LogP contribution in [0.4, 0.5) is 0 Å². The zero-order valence-electron chi connectivity index (χ0n) is 8.70. The second-order valence-corrected chi connectivity index (χ2v) is 4.78. The molecular weight excluding hydrogens is 307 g/mol. The van der Waals surface area contributed by atoms with Crippen molar-refractivity contribution in [3.63, 3.8) is 0 Å². The average molecular weight is 315 g/mol. The number of ether oxygens (including phenoxy) is 2. The van der Waals surface area contributed by atoms with Crippen LogP contribution in [0, 0.1) is 0 Å². The smallest absolute Gasteiger partial charge is 0.768 e. The molecule has 0 saturated heterocycles. The van der Waals surface area contributed by atoms with E-state index in [1.54, 1.807) is 6.07 Å². The van der Waals surface area contributed by atoms with Crippen molar-refractivity contribution < 1.29 is 47.8 Å². The van der Waals surface area contributed by atoms with Crippen molar-refractivity contribution in [2.45, 2.75) is 11.3 Å². The van der Waals surface area contributed by atoms with Gasteiger partial charge < -0.3 is 14.0 Å². The molecule has 0 aliphatic carbocycles. The van der Waals surface area contributed by atoms with Crippen LogP contribution in [0.5, 0.6) is 11.5 Å². The molecule has 1 heterocycles. The van der Waals surface area contributed by atoms with Crippen LogP contribution >= 0.6 is 15.9 Å². The summed E-state index contributed by atoms with van der Waals surface area (Å²) in [6.07, 6.45) is 0.794. The van der Waals surface area contributed by atoms with Gasteiger partial charge in [-0.1, -0.05) is 0 Å². The first-order valence-corrected chi connectivity index (χ1v) is 6.23. The van der Waals surface area contributed by atoms with Gasteiger partial charge in [-0.25, -0.2) is 0 Å². The summed E-state index contributed by atoms with van der Waals surface area (Å²) in [7, 11) is 0. The third-order valence-corrected chi connectivity index (χ3v) is 3.60. The molecular formula is C9H8BrNaO4S. The van der Waals surface area contributed by atoms with E-state index >= 15 is 0 Å². The molecule has 1 atom stereocenters. The molecule has 0 bridgehead atoms. The molecule has 2 rings (SSSR count). The Hall–Kier alpha value is 0.410. The predicted octanol–water partition coefficient (Wildman–Crippen LogP) is -1.15. The molecule has 0 N–H and O–H groups in total. The van der Waals surface area contributed by atoms with Crippen molar-refractivity contribution in [3.8, 4) is 11.5 Å². The van der Waals surface area contributed by atoms with Crippen molar-refractivity contribution in [2.24, 2.45) is 0 Å². The van der Waals surface area contributed by atoms with Crippen LogP contribution in [0.1, 0.15) is 6.42 Å². The molecule has 82 valence electrons. The fraction of sp³-hybridized carbons (Fsp3) is 0.333. The topological polar surface area (TPSA) is 58.6 Å². The third-order valence-electron chi connectivity index (χ3n) is 1.98. The maximum atomic E-state index is 10.9. The van der Waals surface area contributed by atoms with E-state index in [0.717, 1.165) is 6.42 Å². The monoisotopic (exact) mass is 314 g/mol. The minimum Gasteiger partial charge on any atom is -0.768 e. The van der Waals surface area contributed by atoms with E-state index in [9.17, 15) is 8.76 Å². The van der Waals surface area contributed by atoms with Gasteiger partial charge in [0, 0.05) is 21.9 Å². The van der Waals surface area contributed by atoms with Crippen LogP contribution in [0.15, 0.2) is 21.5 Å². The van der Waals surface area contributed by atoms with E-state index in [4.69, 9.17) is 9.47 Å². The maximum Gasteiger partial charge on any atom is 1.00 e. The Morgan fingerprint density at radius 2 is 1.81 bits per heavy atom. The van der Waals surface area contributed by atoms with Gasteiger partial charge in [0.2, 0.25) is 0 Å². The molecule has 0 amide bonds. The Morgan fingerprint density at radius 1 is 1.25 bits per heavy atom. The standard InChI is InChI=1S/C9H9BrO4S.Na/c10-6-4-7-8(5-9(6)15(11)12)14-3-1-2-13-7;/h4-5H,1-3H2,(H,11,12);/q;+1/p-1. The Kier molecular flexibility index (Phi) is 5.76. The molecule has 1 aromatic rings. The molecule has 0 saturated carbocycles. The van der Waals surface area contributed by atoms with Gasteiger partial charge in [-0.2, -0.15) is 0 Å². The second kappa shape index (κ2) is 6.37. The number of halogens is 1. The number of benzene rings is 1. The van der Waals surface area contributed by atoms with Crippen LogP contribution in [0.3, 0.4) is 0 Å². The normalized spacial score (nSPS) is 15.9. The number of fused-ring (bicyclic) bond motifs is 1. The average Bonchev–Trinajstić information content (AvgIpc) is 2.40. The van der Waals surface area contributed by atoms with Crippen LogP contribution < -0.4 is 39.0 Å². The summed E-state index contributed by atoms with van der Waals surface area (Å²) >= 11 is 0.896. The van der Waals surface area contributed by atoms with Gasteiger partial charge in [-0.05, 0) is 33.1 Å². The van der Waals surface area contributed by atoms with E-state index in [1.807, 2.05) is 0 Å². The van der Waals surface area contributed by atoms with Crippen LogP contribution in [0.25, 0.3) is 0 Å². The first-order valence-electron chi connectivity index (χ1n) is 4.37. The van der Waals surface area contributed by atoms with E-state index in [-0.39, 0.29) is 34.5 Å². The molecule has 0 radical (unpaired) electrons. The van der Waals surface area contributed by atoms with E-state index in [1.165, 1.54) is 6.07 Å². The first-order chi connectivity index (χ1) is 7.18. The van der Waals surface area contributed by atoms with Gasteiger partial charge in [0.05, 0.1) is 13.2 Å². The first kappa shape index (κ1) is 14.5. The predicted molar refractivity (Wildman–Crippen MR) is 56.9 cm³/mol. The Bertz CT molecular complexity index is 413. The Morgan fingerprint density at radius 3 is 2.38 bits per heavy atom. The second-order valence-electron chi connectivity index (χ2n) is 3.01. The zero-order valence-corrected chi connectivity index (χ0v) is 13.1. The van der Waals surface area contributed by atoms with Gasteiger partial charge in [0.1, 0.15) is 0 Å². The summed E-state index contributed by atoms with van der Waals surface area (Å²) < 4.78 is 33.0. The molecule has 0 spiro atoms. The summed E-state index contributed by atoms with van der Waals surface area (Å²) in [5.74, 6) is 1.06. The quantitative estimate of drug-likeness (QED) is 0.485. The largest absolute Gasteiger partial charge is 1.00 e. The van der Waals surface area contributed by atoms with E-state index < -0.39 is 11.1 Å². The fourth-order valence-electron chi connectivity index (χ4n) is 1.29. The molecule has 7 heteroatoms. The summed E-state index contributed by atoms with van der Waals surface area (Å²) in [6.45, 7) is 1.12. The van der Waals surface area contributed by atoms with Crippen molar-refractivity contribution in [2.75, 3.05) is 13.2 Å². The Balaban J connectivity index is 0.00000128.